The van der Waals surface area contributed by atoms with E-state index in [1.807, 2.05) is 55.5 Å². The molecule has 5 atom stereocenters. The van der Waals surface area contributed by atoms with Gasteiger partial charge in [0.1, 0.15) is 18.0 Å². The summed E-state index contributed by atoms with van der Waals surface area (Å²) >= 11 is 0. The molecule has 3 N–H and O–H groups in total. The van der Waals surface area contributed by atoms with Crippen LogP contribution in [0.15, 0.2) is 48.5 Å². The van der Waals surface area contributed by atoms with Crippen LogP contribution < -0.4 is 15.4 Å². The summed E-state index contributed by atoms with van der Waals surface area (Å²) in [4.78, 5) is 25.0. The summed E-state index contributed by atoms with van der Waals surface area (Å²) < 4.78 is 12.2. The Morgan fingerprint density at radius 2 is 1.88 bits per heavy atom. The maximum absolute atomic E-state index is 12.8. The number of fused-ring (bicyclic) bond motifs is 3. The number of nitrogens with one attached hydrogen (secondary N) is 2. The number of hydrogen-bond donors (Lipinski definition) is 3. The molecule has 7 nitrogen and oxygen atoms in total. The lowest BCUT2D eigenvalue weighted by Crippen LogP contribution is -2.47. The van der Waals surface area contributed by atoms with Crippen LogP contribution in [0.5, 0.6) is 5.75 Å². The van der Waals surface area contributed by atoms with E-state index in [0.717, 1.165) is 35.4 Å². The van der Waals surface area contributed by atoms with Crippen LogP contribution in [0.4, 0.5) is 5.69 Å². The summed E-state index contributed by atoms with van der Waals surface area (Å²) in [5, 5.41) is 16.0. The number of carbonyl (C=O) groups is 2. The van der Waals surface area contributed by atoms with Gasteiger partial charge in [0.15, 0.2) is 0 Å². The molecule has 5 rings (SSSR count). The Balaban J connectivity index is 1.25. The third kappa shape index (κ3) is 5.10. The lowest BCUT2D eigenvalue weighted by Gasteiger charge is -2.37. The molecule has 34 heavy (non-hydrogen) atoms. The van der Waals surface area contributed by atoms with Crippen LogP contribution >= 0.6 is 0 Å². The van der Waals surface area contributed by atoms with E-state index in [1.165, 1.54) is 0 Å². The molecular formula is C27H32N2O5. The number of rotatable bonds is 8. The van der Waals surface area contributed by atoms with E-state index in [1.54, 1.807) is 0 Å². The van der Waals surface area contributed by atoms with Gasteiger partial charge < -0.3 is 25.2 Å². The van der Waals surface area contributed by atoms with E-state index in [2.05, 4.69) is 10.6 Å². The Morgan fingerprint density at radius 1 is 1.09 bits per heavy atom. The summed E-state index contributed by atoms with van der Waals surface area (Å²) in [6.07, 6.45) is 2.52. The minimum absolute atomic E-state index is 0.00877. The van der Waals surface area contributed by atoms with Crippen LogP contribution in [0.3, 0.4) is 0 Å². The first-order chi connectivity index (χ1) is 16.5. The second-order valence-electron chi connectivity index (χ2n) is 9.76. The summed E-state index contributed by atoms with van der Waals surface area (Å²) in [5.41, 5.74) is 2.80. The van der Waals surface area contributed by atoms with Crippen molar-refractivity contribution in [3.63, 3.8) is 0 Å². The lowest BCUT2D eigenvalue weighted by atomic mass is 9.84. The number of carbonyl (C=O) groups excluding carboxylic acids is 2. The molecule has 2 aromatic rings. The Morgan fingerprint density at radius 3 is 2.62 bits per heavy atom. The number of benzene rings is 2. The molecule has 1 aliphatic carbocycles. The SMILES string of the molecule is C[C@@H](NC(=O)C[C@H]1C[C@H]2c3cc(NC(=O)CC4CC4)ccc3O[C@H]2[C@@H](CO)O1)c1ccccc1. The Labute approximate surface area is 199 Å². The van der Waals surface area contributed by atoms with Gasteiger partial charge in [0.05, 0.1) is 25.2 Å². The molecular weight excluding hydrogens is 432 g/mol. The monoisotopic (exact) mass is 464 g/mol. The van der Waals surface area contributed by atoms with Crippen LogP contribution in [-0.2, 0) is 14.3 Å². The normalized spacial score (nSPS) is 26.1. The fraction of sp³-hybridized carbons (Fsp3) is 0.481. The van der Waals surface area contributed by atoms with Crippen molar-refractivity contribution in [1.82, 2.24) is 5.32 Å². The number of amides is 2. The van der Waals surface area contributed by atoms with Crippen molar-refractivity contribution < 1.29 is 24.2 Å². The molecule has 2 amide bonds. The number of ether oxygens (including phenoxy) is 2. The van der Waals surface area contributed by atoms with Crippen molar-refractivity contribution in [1.29, 1.82) is 0 Å². The highest BCUT2D eigenvalue weighted by Crippen LogP contribution is 2.47. The van der Waals surface area contributed by atoms with Crippen molar-refractivity contribution in [3.8, 4) is 5.75 Å². The molecule has 0 spiro atoms. The van der Waals surface area contributed by atoms with E-state index < -0.39 is 6.10 Å². The average Bonchev–Trinajstić information content (AvgIpc) is 3.57. The summed E-state index contributed by atoms with van der Waals surface area (Å²) in [7, 11) is 0. The molecule has 7 heteroatoms. The Bertz CT molecular complexity index is 1040. The largest absolute Gasteiger partial charge is 0.487 e. The first-order valence-electron chi connectivity index (χ1n) is 12.2. The molecule has 0 aromatic heterocycles. The molecule has 180 valence electrons. The van der Waals surface area contributed by atoms with Crippen molar-refractivity contribution in [2.24, 2.45) is 5.92 Å². The van der Waals surface area contributed by atoms with Gasteiger partial charge >= 0.3 is 0 Å². The van der Waals surface area contributed by atoms with E-state index in [9.17, 15) is 14.7 Å². The van der Waals surface area contributed by atoms with Crippen molar-refractivity contribution in [2.45, 2.75) is 69.3 Å². The van der Waals surface area contributed by atoms with Crippen LogP contribution in [0, 0.1) is 5.92 Å². The molecule has 1 saturated carbocycles. The molecule has 0 unspecified atom stereocenters. The molecule has 2 aliphatic heterocycles. The average molecular weight is 465 g/mol. The van der Waals surface area contributed by atoms with E-state index >= 15 is 0 Å². The predicted molar refractivity (Wildman–Crippen MR) is 128 cm³/mol. The van der Waals surface area contributed by atoms with Crippen LogP contribution in [0.2, 0.25) is 0 Å². The molecule has 1 saturated heterocycles. The first kappa shape index (κ1) is 22.9. The second kappa shape index (κ2) is 9.76. The lowest BCUT2D eigenvalue weighted by molar-refractivity contribution is -0.142. The highest BCUT2D eigenvalue weighted by molar-refractivity contribution is 5.91. The second-order valence-corrected chi connectivity index (χ2v) is 9.76. The molecule has 0 bridgehead atoms. The van der Waals surface area contributed by atoms with Gasteiger partial charge in [-0.05, 0) is 55.9 Å². The van der Waals surface area contributed by atoms with Gasteiger partial charge in [-0.2, -0.15) is 0 Å². The van der Waals surface area contributed by atoms with E-state index in [-0.39, 0.29) is 49.0 Å². The van der Waals surface area contributed by atoms with Crippen LogP contribution in [-0.4, -0.2) is 41.8 Å². The fourth-order valence-corrected chi connectivity index (χ4v) is 5.10. The van der Waals surface area contributed by atoms with Gasteiger partial charge in [-0.25, -0.2) is 0 Å². The summed E-state index contributed by atoms with van der Waals surface area (Å²) in [5.74, 6) is 1.22. The van der Waals surface area contributed by atoms with Gasteiger partial charge in [-0.1, -0.05) is 30.3 Å². The maximum atomic E-state index is 12.8. The molecule has 2 fully saturated rings. The minimum Gasteiger partial charge on any atom is -0.487 e. The Kier molecular flexibility index (Phi) is 6.57. The van der Waals surface area contributed by atoms with Crippen molar-refractivity contribution in [3.05, 3.63) is 59.7 Å². The number of anilines is 1. The topological polar surface area (TPSA) is 96.9 Å². The molecule has 0 radical (unpaired) electrons. The zero-order valence-corrected chi connectivity index (χ0v) is 19.4. The van der Waals surface area contributed by atoms with E-state index in [4.69, 9.17) is 9.47 Å². The van der Waals surface area contributed by atoms with E-state index in [0.29, 0.717) is 18.8 Å². The highest BCUT2D eigenvalue weighted by Gasteiger charge is 2.46. The van der Waals surface area contributed by atoms with Gasteiger partial charge in [0.2, 0.25) is 11.8 Å². The minimum atomic E-state index is -0.511. The van der Waals surface area contributed by atoms with Gasteiger partial charge in [0, 0.05) is 23.6 Å². The molecule has 2 aromatic carbocycles. The number of hydrogen-bond acceptors (Lipinski definition) is 5. The predicted octanol–water partition coefficient (Wildman–Crippen LogP) is 3.69. The maximum Gasteiger partial charge on any atom is 0.224 e. The highest BCUT2D eigenvalue weighted by atomic mass is 16.6. The zero-order valence-electron chi connectivity index (χ0n) is 19.4. The van der Waals surface area contributed by atoms with Crippen LogP contribution in [0.1, 0.15) is 62.1 Å². The van der Waals surface area contributed by atoms with Crippen molar-refractivity contribution >= 4 is 17.5 Å². The fourth-order valence-electron chi connectivity index (χ4n) is 5.10. The number of aliphatic hydroxyl groups excluding tert-OH is 1. The van der Waals surface area contributed by atoms with Gasteiger partial charge in [-0.3, -0.25) is 9.59 Å². The summed E-state index contributed by atoms with van der Waals surface area (Å²) in [6, 6.07) is 15.4. The summed E-state index contributed by atoms with van der Waals surface area (Å²) in [6.45, 7) is 1.78. The quantitative estimate of drug-likeness (QED) is 0.554. The van der Waals surface area contributed by atoms with Gasteiger partial charge in [0.25, 0.3) is 0 Å². The van der Waals surface area contributed by atoms with Gasteiger partial charge in [-0.15, -0.1) is 0 Å². The molecule has 3 aliphatic rings. The first-order valence-corrected chi connectivity index (χ1v) is 12.2. The third-order valence-electron chi connectivity index (χ3n) is 7.04. The Hall–Kier alpha value is -2.90. The van der Waals surface area contributed by atoms with Crippen molar-refractivity contribution in [2.75, 3.05) is 11.9 Å². The van der Waals surface area contributed by atoms with Crippen LogP contribution in [0.25, 0.3) is 0 Å². The zero-order chi connectivity index (χ0) is 23.7. The number of aliphatic hydroxyl groups is 1. The third-order valence-corrected chi connectivity index (χ3v) is 7.04. The smallest absolute Gasteiger partial charge is 0.224 e. The standard InChI is InChI=1S/C27H32N2O5/c1-16(18-5-3-2-4-6-18)28-26(32)14-20-13-22-21-12-19(29-25(31)11-17-7-8-17)9-10-23(21)34-27(22)24(15-30)33-20/h2-6,9-10,12,16-17,20,22,24,27,30H,7-8,11,13-15H2,1H3,(H,28,32)(H,29,31)/t16-,20-,22+,24-,27-/m1/s1. The molecule has 2 heterocycles.